The lowest BCUT2D eigenvalue weighted by Crippen LogP contribution is -1.96. The van der Waals surface area contributed by atoms with E-state index in [0.29, 0.717) is 5.56 Å². The zero-order valence-electron chi connectivity index (χ0n) is 6.91. The van der Waals surface area contributed by atoms with Crippen LogP contribution in [0, 0.1) is 12.7 Å². The van der Waals surface area contributed by atoms with Gasteiger partial charge in [0, 0.05) is 11.0 Å². The van der Waals surface area contributed by atoms with Crippen LogP contribution in [0.15, 0.2) is 22.4 Å². The predicted octanol–water partition coefficient (Wildman–Crippen LogP) is 1.89. The smallest absolute Gasteiger partial charge is 0.200 e. The molecule has 0 radical (unpaired) electrons. The van der Waals surface area contributed by atoms with E-state index in [-0.39, 0.29) is 10.5 Å². The van der Waals surface area contributed by atoms with Crippen molar-refractivity contribution in [3.8, 4) is 0 Å². The van der Waals surface area contributed by atoms with Crippen LogP contribution in [0.3, 0.4) is 0 Å². The summed E-state index contributed by atoms with van der Waals surface area (Å²) in [5.74, 6) is -0.449. The van der Waals surface area contributed by atoms with Crippen LogP contribution in [0.25, 0.3) is 6.08 Å². The molecular formula is C9H7FO2S. The Hall–Kier alpha value is -1.16. The van der Waals surface area contributed by atoms with Crippen LogP contribution in [0.4, 0.5) is 4.39 Å². The number of aryl methyl sites for hydroxylation is 1. The third kappa shape index (κ3) is 1.09. The molecule has 0 aromatic heterocycles. The lowest BCUT2D eigenvalue weighted by atomic mass is 10.1. The summed E-state index contributed by atoms with van der Waals surface area (Å²) in [7, 11) is -3.37. The van der Waals surface area contributed by atoms with Gasteiger partial charge in [-0.05, 0) is 24.6 Å². The van der Waals surface area contributed by atoms with Gasteiger partial charge in [-0.2, -0.15) is 0 Å². The summed E-state index contributed by atoms with van der Waals surface area (Å²) in [6.45, 7) is 1.61. The van der Waals surface area contributed by atoms with Crippen LogP contribution in [-0.4, -0.2) is 8.42 Å². The number of fused-ring (bicyclic) bond motifs is 1. The molecule has 0 N–H and O–H groups in total. The molecule has 0 saturated carbocycles. The van der Waals surface area contributed by atoms with Crippen molar-refractivity contribution in [1.29, 1.82) is 0 Å². The maximum atomic E-state index is 13.3. The molecule has 1 heterocycles. The van der Waals surface area contributed by atoms with Crippen LogP contribution in [0.1, 0.15) is 11.1 Å². The van der Waals surface area contributed by atoms with Crippen LogP contribution < -0.4 is 0 Å². The third-order valence-electron chi connectivity index (χ3n) is 2.05. The van der Waals surface area contributed by atoms with Crippen molar-refractivity contribution in [1.82, 2.24) is 0 Å². The topological polar surface area (TPSA) is 34.1 Å². The first-order valence-corrected chi connectivity index (χ1v) is 5.29. The van der Waals surface area contributed by atoms with Crippen molar-refractivity contribution in [2.24, 2.45) is 0 Å². The van der Waals surface area contributed by atoms with Gasteiger partial charge in [-0.15, -0.1) is 0 Å². The Balaban J connectivity index is 2.86. The summed E-state index contributed by atoms with van der Waals surface area (Å²) in [6.07, 6.45) is 1.30. The van der Waals surface area contributed by atoms with E-state index in [9.17, 15) is 12.8 Å². The molecule has 13 heavy (non-hydrogen) atoms. The number of sulfone groups is 1. The first kappa shape index (κ1) is 8.44. The molecule has 0 aliphatic carbocycles. The van der Waals surface area contributed by atoms with Crippen LogP contribution in [-0.2, 0) is 9.84 Å². The van der Waals surface area contributed by atoms with E-state index in [1.807, 2.05) is 0 Å². The molecule has 2 rings (SSSR count). The van der Waals surface area contributed by atoms with Crippen molar-refractivity contribution in [2.45, 2.75) is 11.8 Å². The molecule has 0 bridgehead atoms. The first-order chi connectivity index (χ1) is 6.02. The van der Waals surface area contributed by atoms with Crippen molar-refractivity contribution in [2.75, 3.05) is 0 Å². The standard InChI is InChI=1S/C9H7FO2S/c1-6-2-3-8-7(9(6)10)4-5-13(8,11)12/h2-5H,1H3. The number of hydrogen-bond donors (Lipinski definition) is 0. The molecule has 0 saturated heterocycles. The van der Waals surface area contributed by atoms with E-state index < -0.39 is 15.7 Å². The van der Waals surface area contributed by atoms with Gasteiger partial charge in [-0.25, -0.2) is 12.8 Å². The molecule has 0 amide bonds. The minimum atomic E-state index is -3.37. The second kappa shape index (κ2) is 2.42. The average Bonchev–Trinajstić information content (AvgIpc) is 2.35. The van der Waals surface area contributed by atoms with E-state index in [1.165, 1.54) is 18.2 Å². The lowest BCUT2D eigenvalue weighted by molar-refractivity contribution is 0.596. The maximum absolute atomic E-state index is 13.3. The van der Waals surface area contributed by atoms with Gasteiger partial charge in [0.05, 0.1) is 4.90 Å². The van der Waals surface area contributed by atoms with Gasteiger partial charge < -0.3 is 0 Å². The summed E-state index contributed by atoms with van der Waals surface area (Å²) in [5.41, 5.74) is 0.639. The Morgan fingerprint density at radius 2 is 2.00 bits per heavy atom. The number of halogens is 1. The minimum absolute atomic E-state index is 0.0654. The van der Waals surface area contributed by atoms with E-state index in [1.54, 1.807) is 6.92 Å². The summed E-state index contributed by atoms with van der Waals surface area (Å²) in [4.78, 5) is 0.0654. The Morgan fingerprint density at radius 1 is 1.31 bits per heavy atom. The quantitative estimate of drug-likeness (QED) is 0.638. The molecule has 1 aliphatic rings. The van der Waals surface area contributed by atoms with E-state index in [0.717, 1.165) is 5.41 Å². The summed E-state index contributed by atoms with van der Waals surface area (Å²) in [6, 6.07) is 2.90. The zero-order valence-corrected chi connectivity index (χ0v) is 7.73. The van der Waals surface area contributed by atoms with E-state index in [2.05, 4.69) is 0 Å². The Labute approximate surface area is 75.6 Å². The van der Waals surface area contributed by atoms with Gasteiger partial charge in [-0.3, -0.25) is 0 Å². The largest absolute Gasteiger partial charge is 0.219 e. The average molecular weight is 198 g/mol. The molecular weight excluding hydrogens is 191 g/mol. The predicted molar refractivity (Wildman–Crippen MR) is 47.4 cm³/mol. The Kier molecular flexibility index (Phi) is 1.57. The van der Waals surface area contributed by atoms with Crippen molar-refractivity contribution >= 4 is 15.9 Å². The molecule has 0 unspecified atom stereocenters. The molecule has 1 aromatic rings. The van der Waals surface area contributed by atoms with Crippen LogP contribution >= 0.6 is 0 Å². The third-order valence-corrected chi connectivity index (χ3v) is 3.52. The molecule has 4 heteroatoms. The highest BCUT2D eigenvalue weighted by molar-refractivity contribution is 7.94. The zero-order chi connectivity index (χ0) is 9.64. The first-order valence-electron chi connectivity index (χ1n) is 3.74. The summed E-state index contributed by atoms with van der Waals surface area (Å²) < 4.78 is 35.9. The van der Waals surface area contributed by atoms with Gasteiger partial charge in [-0.1, -0.05) is 6.07 Å². The van der Waals surface area contributed by atoms with Crippen molar-refractivity contribution in [3.05, 3.63) is 34.5 Å². The number of rotatable bonds is 0. The molecule has 1 aromatic carbocycles. The van der Waals surface area contributed by atoms with Gasteiger partial charge in [0.1, 0.15) is 5.82 Å². The summed E-state index contributed by atoms with van der Waals surface area (Å²) in [5, 5.41) is 1.03. The van der Waals surface area contributed by atoms with Crippen LogP contribution in [0.5, 0.6) is 0 Å². The van der Waals surface area contributed by atoms with Gasteiger partial charge in [0.25, 0.3) is 0 Å². The Bertz CT molecular complexity index is 501. The fraction of sp³-hybridized carbons (Fsp3) is 0.111. The number of hydrogen-bond acceptors (Lipinski definition) is 2. The fourth-order valence-corrected chi connectivity index (χ4v) is 2.50. The molecule has 0 spiro atoms. The van der Waals surface area contributed by atoms with Crippen LogP contribution in [0.2, 0.25) is 0 Å². The molecule has 1 aliphatic heterocycles. The number of benzene rings is 1. The van der Waals surface area contributed by atoms with Crippen molar-refractivity contribution in [3.63, 3.8) is 0 Å². The van der Waals surface area contributed by atoms with E-state index >= 15 is 0 Å². The van der Waals surface area contributed by atoms with Gasteiger partial charge in [0.15, 0.2) is 0 Å². The second-order valence-electron chi connectivity index (χ2n) is 2.96. The maximum Gasteiger partial charge on any atom is 0.200 e. The highest BCUT2D eigenvalue weighted by Gasteiger charge is 2.23. The molecule has 68 valence electrons. The highest BCUT2D eigenvalue weighted by Crippen LogP contribution is 2.29. The molecule has 2 nitrogen and oxygen atoms in total. The van der Waals surface area contributed by atoms with E-state index in [4.69, 9.17) is 0 Å². The highest BCUT2D eigenvalue weighted by atomic mass is 32.2. The van der Waals surface area contributed by atoms with Crippen molar-refractivity contribution < 1.29 is 12.8 Å². The molecule has 0 atom stereocenters. The monoisotopic (exact) mass is 198 g/mol. The molecule has 0 fully saturated rings. The Morgan fingerprint density at radius 3 is 2.69 bits per heavy atom. The minimum Gasteiger partial charge on any atom is -0.219 e. The fourth-order valence-electron chi connectivity index (χ4n) is 1.32. The second-order valence-corrected chi connectivity index (χ2v) is 4.76. The van der Waals surface area contributed by atoms with Gasteiger partial charge >= 0.3 is 0 Å². The normalized spacial score (nSPS) is 17.4. The lowest BCUT2D eigenvalue weighted by Gasteiger charge is -2.01. The SMILES string of the molecule is Cc1ccc2c(c1F)C=CS2(=O)=O. The van der Waals surface area contributed by atoms with Gasteiger partial charge in [0.2, 0.25) is 9.84 Å². The summed E-state index contributed by atoms with van der Waals surface area (Å²) >= 11 is 0.